The van der Waals surface area contributed by atoms with Crippen molar-refractivity contribution in [2.75, 3.05) is 7.11 Å². The van der Waals surface area contributed by atoms with Crippen molar-refractivity contribution in [2.24, 2.45) is 0 Å². The van der Waals surface area contributed by atoms with Crippen LogP contribution in [0.5, 0.6) is 5.75 Å². The van der Waals surface area contributed by atoms with Crippen LogP contribution in [0, 0.1) is 0 Å². The second-order valence-corrected chi connectivity index (χ2v) is 4.52. The predicted octanol–water partition coefficient (Wildman–Crippen LogP) is 3.83. The summed E-state index contributed by atoms with van der Waals surface area (Å²) in [6, 6.07) is 18.5. The number of ether oxygens (including phenoxy) is 1. The Bertz CT molecular complexity index is 701. The number of para-hydroxylation sites is 1. The Balaban J connectivity index is 2.01. The van der Waals surface area contributed by atoms with Gasteiger partial charge in [-0.3, -0.25) is 4.98 Å². The van der Waals surface area contributed by atoms with E-state index in [1.807, 2.05) is 30.5 Å². The summed E-state index contributed by atoms with van der Waals surface area (Å²) in [5.41, 5.74) is 3.58. The van der Waals surface area contributed by atoms with Crippen molar-refractivity contribution in [1.82, 2.24) is 4.98 Å². The molecule has 0 unspecified atom stereocenters. The molecule has 94 valence electrons. The first-order valence-corrected chi connectivity index (χ1v) is 6.32. The fourth-order valence-corrected chi connectivity index (χ4v) is 2.31. The number of fused-ring (bicyclic) bond motifs is 1. The van der Waals surface area contributed by atoms with Crippen LogP contribution in [0.2, 0.25) is 0 Å². The SMILES string of the molecule is COc1cccc(Cc2ccnc3ccccc23)c1. The van der Waals surface area contributed by atoms with Gasteiger partial charge in [-0.15, -0.1) is 0 Å². The van der Waals surface area contributed by atoms with E-state index in [9.17, 15) is 0 Å². The van der Waals surface area contributed by atoms with Crippen LogP contribution in [0.4, 0.5) is 0 Å². The molecule has 0 N–H and O–H groups in total. The number of nitrogens with zero attached hydrogens (tertiary/aromatic N) is 1. The minimum Gasteiger partial charge on any atom is -0.497 e. The lowest BCUT2D eigenvalue weighted by atomic mass is 10.0. The summed E-state index contributed by atoms with van der Waals surface area (Å²) in [7, 11) is 1.70. The van der Waals surface area contributed by atoms with Gasteiger partial charge in [0.05, 0.1) is 12.6 Å². The molecular formula is C17H15NO. The number of pyridine rings is 1. The minimum absolute atomic E-state index is 0.889. The van der Waals surface area contributed by atoms with E-state index in [1.54, 1.807) is 7.11 Å². The van der Waals surface area contributed by atoms with Crippen LogP contribution in [0.15, 0.2) is 60.8 Å². The lowest BCUT2D eigenvalue weighted by Crippen LogP contribution is -1.92. The Morgan fingerprint density at radius 2 is 1.89 bits per heavy atom. The van der Waals surface area contributed by atoms with E-state index in [2.05, 4.69) is 35.3 Å². The molecule has 3 rings (SSSR count). The molecule has 0 atom stereocenters. The van der Waals surface area contributed by atoms with Crippen LogP contribution in [0.1, 0.15) is 11.1 Å². The molecule has 0 saturated heterocycles. The molecule has 2 aromatic carbocycles. The smallest absolute Gasteiger partial charge is 0.119 e. The highest BCUT2D eigenvalue weighted by atomic mass is 16.5. The van der Waals surface area contributed by atoms with E-state index < -0.39 is 0 Å². The van der Waals surface area contributed by atoms with E-state index in [-0.39, 0.29) is 0 Å². The van der Waals surface area contributed by atoms with Gasteiger partial charge in [-0.05, 0) is 41.8 Å². The molecule has 2 heteroatoms. The maximum Gasteiger partial charge on any atom is 0.119 e. The van der Waals surface area contributed by atoms with E-state index >= 15 is 0 Å². The molecule has 0 spiro atoms. The highest BCUT2D eigenvalue weighted by molar-refractivity contribution is 5.82. The zero-order valence-corrected chi connectivity index (χ0v) is 10.8. The molecule has 0 aliphatic rings. The Kier molecular flexibility index (Phi) is 3.15. The Hall–Kier alpha value is -2.35. The van der Waals surface area contributed by atoms with Gasteiger partial charge in [0, 0.05) is 11.6 Å². The molecule has 19 heavy (non-hydrogen) atoms. The summed E-state index contributed by atoms with van der Waals surface area (Å²) >= 11 is 0. The maximum atomic E-state index is 5.27. The summed E-state index contributed by atoms with van der Waals surface area (Å²) in [5, 5.41) is 1.22. The molecule has 0 saturated carbocycles. The van der Waals surface area contributed by atoms with Crippen molar-refractivity contribution in [3.05, 3.63) is 71.9 Å². The van der Waals surface area contributed by atoms with Crippen molar-refractivity contribution in [2.45, 2.75) is 6.42 Å². The van der Waals surface area contributed by atoms with E-state index in [4.69, 9.17) is 4.74 Å². The van der Waals surface area contributed by atoms with Crippen LogP contribution >= 0.6 is 0 Å². The van der Waals surface area contributed by atoms with Crippen LogP contribution in [0.25, 0.3) is 10.9 Å². The van der Waals surface area contributed by atoms with Crippen molar-refractivity contribution in [3.63, 3.8) is 0 Å². The highest BCUT2D eigenvalue weighted by Gasteiger charge is 2.03. The van der Waals surface area contributed by atoms with Gasteiger partial charge in [-0.25, -0.2) is 0 Å². The second-order valence-electron chi connectivity index (χ2n) is 4.52. The van der Waals surface area contributed by atoms with Gasteiger partial charge in [0.1, 0.15) is 5.75 Å². The van der Waals surface area contributed by atoms with Gasteiger partial charge in [0.15, 0.2) is 0 Å². The van der Waals surface area contributed by atoms with Gasteiger partial charge >= 0.3 is 0 Å². The number of benzene rings is 2. The predicted molar refractivity (Wildman–Crippen MR) is 77.5 cm³/mol. The fraction of sp³-hybridized carbons (Fsp3) is 0.118. The Morgan fingerprint density at radius 3 is 2.79 bits per heavy atom. The van der Waals surface area contributed by atoms with Crippen molar-refractivity contribution in [1.29, 1.82) is 0 Å². The molecule has 1 heterocycles. The average molecular weight is 249 g/mol. The van der Waals surface area contributed by atoms with Gasteiger partial charge < -0.3 is 4.74 Å². The third-order valence-corrected chi connectivity index (χ3v) is 3.27. The molecule has 0 aliphatic carbocycles. The normalized spacial score (nSPS) is 10.6. The van der Waals surface area contributed by atoms with E-state index in [1.165, 1.54) is 16.5 Å². The molecule has 0 amide bonds. The molecule has 3 aromatic rings. The zero-order chi connectivity index (χ0) is 13.1. The fourth-order valence-electron chi connectivity index (χ4n) is 2.31. The standard InChI is InChI=1S/C17H15NO/c1-19-15-6-4-5-13(12-15)11-14-9-10-18-17-8-3-2-7-16(14)17/h2-10,12H,11H2,1H3. The second kappa shape index (κ2) is 5.11. The van der Waals surface area contributed by atoms with Crippen molar-refractivity contribution < 1.29 is 4.74 Å². The maximum absolute atomic E-state index is 5.27. The van der Waals surface area contributed by atoms with Crippen LogP contribution in [-0.2, 0) is 6.42 Å². The van der Waals surface area contributed by atoms with Crippen LogP contribution < -0.4 is 4.74 Å². The molecule has 0 bridgehead atoms. The van der Waals surface area contributed by atoms with Gasteiger partial charge in [-0.1, -0.05) is 30.3 Å². The highest BCUT2D eigenvalue weighted by Crippen LogP contribution is 2.21. The molecule has 0 radical (unpaired) electrons. The molecule has 2 nitrogen and oxygen atoms in total. The molecule has 0 fully saturated rings. The largest absolute Gasteiger partial charge is 0.497 e. The molecular weight excluding hydrogens is 234 g/mol. The van der Waals surface area contributed by atoms with E-state index in [0.717, 1.165) is 17.7 Å². The van der Waals surface area contributed by atoms with Gasteiger partial charge in [-0.2, -0.15) is 0 Å². The summed E-state index contributed by atoms with van der Waals surface area (Å²) in [6.45, 7) is 0. The molecule has 0 aliphatic heterocycles. The quantitative estimate of drug-likeness (QED) is 0.703. The van der Waals surface area contributed by atoms with Gasteiger partial charge in [0.25, 0.3) is 0 Å². The number of methoxy groups -OCH3 is 1. The summed E-state index contributed by atoms with van der Waals surface area (Å²) in [5.74, 6) is 0.899. The average Bonchev–Trinajstić information content (AvgIpc) is 2.48. The van der Waals surface area contributed by atoms with Gasteiger partial charge in [0.2, 0.25) is 0 Å². The first-order chi connectivity index (χ1) is 9.36. The van der Waals surface area contributed by atoms with Crippen LogP contribution in [0.3, 0.4) is 0 Å². The zero-order valence-electron chi connectivity index (χ0n) is 10.8. The topological polar surface area (TPSA) is 22.1 Å². The summed E-state index contributed by atoms with van der Waals surface area (Å²) < 4.78 is 5.27. The number of aromatic nitrogens is 1. The minimum atomic E-state index is 0.889. The summed E-state index contributed by atoms with van der Waals surface area (Å²) in [6.07, 6.45) is 2.76. The molecule has 1 aromatic heterocycles. The first kappa shape index (κ1) is 11.7. The number of hydrogen-bond acceptors (Lipinski definition) is 2. The summed E-state index contributed by atoms with van der Waals surface area (Å²) in [4.78, 5) is 4.39. The number of hydrogen-bond donors (Lipinski definition) is 0. The lowest BCUT2D eigenvalue weighted by molar-refractivity contribution is 0.414. The monoisotopic (exact) mass is 249 g/mol. The Morgan fingerprint density at radius 1 is 1.00 bits per heavy atom. The van der Waals surface area contributed by atoms with Crippen molar-refractivity contribution >= 4 is 10.9 Å². The van der Waals surface area contributed by atoms with E-state index in [0.29, 0.717) is 0 Å². The third kappa shape index (κ3) is 2.43. The lowest BCUT2D eigenvalue weighted by Gasteiger charge is -2.07. The first-order valence-electron chi connectivity index (χ1n) is 6.32. The van der Waals surface area contributed by atoms with Crippen molar-refractivity contribution in [3.8, 4) is 5.75 Å². The van der Waals surface area contributed by atoms with Crippen LogP contribution in [-0.4, -0.2) is 12.1 Å². The number of rotatable bonds is 3. The Labute approximate surface area is 112 Å². The third-order valence-electron chi connectivity index (χ3n) is 3.27.